The number of carboxylic acids is 1. The van der Waals surface area contributed by atoms with Gasteiger partial charge in [0.2, 0.25) is 17.7 Å². The van der Waals surface area contributed by atoms with Crippen molar-refractivity contribution in [1.29, 1.82) is 0 Å². The zero-order chi connectivity index (χ0) is 23.5. The number of ether oxygens (including phenoxy) is 1. The van der Waals surface area contributed by atoms with Gasteiger partial charge in [-0.15, -0.1) is 10.2 Å². The molecule has 16 nitrogen and oxygen atoms in total. The van der Waals surface area contributed by atoms with E-state index >= 15 is 0 Å². The molecule has 1 saturated heterocycles. The lowest BCUT2D eigenvalue weighted by Crippen LogP contribution is -2.54. The number of nitrogens with one attached hydrogen (secondary N) is 2. The van der Waals surface area contributed by atoms with E-state index in [9.17, 15) is 39.9 Å². The molecule has 0 aromatic carbocycles. The molecule has 1 aromatic rings. The van der Waals surface area contributed by atoms with Crippen LogP contribution in [0, 0.1) is 0 Å². The molecule has 10 N–H and O–H groups in total. The molecule has 1 fully saturated rings. The summed E-state index contributed by atoms with van der Waals surface area (Å²) in [6.07, 6.45) is -10.8. The summed E-state index contributed by atoms with van der Waals surface area (Å²) in [5.41, 5.74) is 5.13. The molecule has 1 unspecified atom stereocenters. The Balaban J connectivity index is 2.18. The lowest BCUT2D eigenvalue weighted by molar-refractivity contribution is -0.288. The monoisotopic (exact) mass is 449 g/mol. The molecule has 16 heteroatoms. The Morgan fingerprint density at radius 1 is 1.10 bits per heavy atom. The van der Waals surface area contributed by atoms with Crippen molar-refractivity contribution < 1.29 is 54.2 Å². The Morgan fingerprint density at radius 3 is 2.29 bits per heavy atom. The number of nitrogens with zero attached hydrogens (tertiary/aromatic N) is 2. The summed E-state index contributed by atoms with van der Waals surface area (Å²) in [5, 5.41) is 68.7. The number of carbonyl (C=O) groups is 3. The van der Waals surface area contributed by atoms with Crippen LogP contribution in [0.15, 0.2) is 4.42 Å². The van der Waals surface area contributed by atoms with Crippen LogP contribution in [-0.2, 0) is 14.3 Å². The summed E-state index contributed by atoms with van der Waals surface area (Å²) < 4.78 is 10.2. The van der Waals surface area contributed by atoms with Gasteiger partial charge in [0.1, 0.15) is 24.4 Å². The highest BCUT2D eigenvalue weighted by Crippen LogP contribution is 2.31. The van der Waals surface area contributed by atoms with Crippen molar-refractivity contribution in [3.05, 3.63) is 11.8 Å². The van der Waals surface area contributed by atoms with Crippen molar-refractivity contribution in [2.45, 2.75) is 62.2 Å². The van der Waals surface area contributed by atoms with Crippen molar-refractivity contribution in [1.82, 2.24) is 20.8 Å². The zero-order valence-electron chi connectivity index (χ0n) is 16.0. The van der Waals surface area contributed by atoms with Crippen molar-refractivity contribution in [2.24, 2.45) is 5.73 Å². The SMILES string of the molecule is CC(O)[C@H](NC(=O)N[C@@H](CC(N)=O)c1nnc([C@H]2O[C@@H](O)[C@H](O)[C@@H](O)[C@@H]2O)o1)C(=O)O. The number of carbonyl (C=O) groups excluding carboxylic acids is 2. The van der Waals surface area contributed by atoms with Crippen LogP contribution in [0.25, 0.3) is 0 Å². The molecule has 0 radical (unpaired) electrons. The van der Waals surface area contributed by atoms with Crippen molar-refractivity contribution >= 4 is 17.9 Å². The molecule has 1 aliphatic heterocycles. The summed E-state index contributed by atoms with van der Waals surface area (Å²) >= 11 is 0. The second-order valence-electron chi connectivity index (χ2n) is 6.79. The zero-order valence-corrected chi connectivity index (χ0v) is 16.0. The second kappa shape index (κ2) is 9.94. The van der Waals surface area contributed by atoms with Crippen LogP contribution in [0.1, 0.15) is 37.3 Å². The number of carboxylic acid groups (broad SMARTS) is 1. The highest BCUT2D eigenvalue weighted by Gasteiger charge is 2.46. The Kier molecular flexibility index (Phi) is 7.82. The van der Waals surface area contributed by atoms with Crippen LogP contribution in [0.4, 0.5) is 4.79 Å². The molecular formula is C15H23N5O11. The van der Waals surface area contributed by atoms with Crippen LogP contribution in [0.3, 0.4) is 0 Å². The molecule has 1 aromatic heterocycles. The molecule has 174 valence electrons. The number of amides is 3. The predicted molar refractivity (Wildman–Crippen MR) is 93.5 cm³/mol. The van der Waals surface area contributed by atoms with Gasteiger partial charge in [-0.3, -0.25) is 4.79 Å². The molecule has 0 bridgehead atoms. The number of hydrogen-bond acceptors (Lipinski definition) is 12. The minimum atomic E-state index is -1.88. The number of aliphatic hydroxyl groups excluding tert-OH is 5. The van der Waals surface area contributed by atoms with Gasteiger partial charge in [0.15, 0.2) is 18.4 Å². The normalized spacial score (nSPS) is 28.9. The van der Waals surface area contributed by atoms with Gasteiger partial charge < -0.3 is 56.2 Å². The molecule has 31 heavy (non-hydrogen) atoms. The molecule has 3 amide bonds. The third-order valence-corrected chi connectivity index (χ3v) is 4.33. The molecule has 1 aliphatic rings. The standard InChI is InChI=1S/C15H23N5O11/c1-3(21)6(13(26)27)18-15(29)17-4(2-5(16)22)11-19-20-12(31-11)10-8(24)7(23)9(25)14(28)30-10/h3-4,6-10,14,21,23-25,28H,2H2,1H3,(H2,16,22)(H,26,27)(H2,17,18,29)/t3?,4-,6-,7-,8-,9+,10-,14+/m0/s1. The second-order valence-corrected chi connectivity index (χ2v) is 6.79. The third-order valence-electron chi connectivity index (χ3n) is 4.33. The highest BCUT2D eigenvalue weighted by molar-refractivity contribution is 5.83. The summed E-state index contributed by atoms with van der Waals surface area (Å²) in [6, 6.07) is -4.11. The minimum absolute atomic E-state index is 0.404. The van der Waals surface area contributed by atoms with E-state index in [0.717, 1.165) is 6.92 Å². The smallest absolute Gasteiger partial charge is 0.328 e. The van der Waals surface area contributed by atoms with Gasteiger partial charge in [-0.2, -0.15) is 0 Å². The summed E-state index contributed by atoms with van der Waals surface area (Å²) in [5.74, 6) is -3.28. The van der Waals surface area contributed by atoms with Gasteiger partial charge in [0.05, 0.1) is 12.5 Å². The van der Waals surface area contributed by atoms with Crippen molar-refractivity contribution in [2.75, 3.05) is 0 Å². The van der Waals surface area contributed by atoms with Crippen molar-refractivity contribution in [3.63, 3.8) is 0 Å². The average molecular weight is 449 g/mol. The van der Waals surface area contributed by atoms with E-state index in [-0.39, 0.29) is 0 Å². The molecule has 0 spiro atoms. The van der Waals surface area contributed by atoms with E-state index in [1.54, 1.807) is 0 Å². The summed E-state index contributed by atoms with van der Waals surface area (Å²) in [7, 11) is 0. The van der Waals surface area contributed by atoms with Gasteiger partial charge >= 0.3 is 12.0 Å². The maximum Gasteiger partial charge on any atom is 0.328 e. The molecule has 2 rings (SSSR count). The summed E-state index contributed by atoms with van der Waals surface area (Å²) in [6.45, 7) is 1.14. The quantitative estimate of drug-likeness (QED) is 0.181. The number of urea groups is 1. The van der Waals surface area contributed by atoms with Gasteiger partial charge in [-0.25, -0.2) is 9.59 Å². The van der Waals surface area contributed by atoms with Crippen LogP contribution >= 0.6 is 0 Å². The first kappa shape index (κ1) is 24.4. The Morgan fingerprint density at radius 2 is 1.74 bits per heavy atom. The molecule has 0 aliphatic carbocycles. The Bertz CT molecular complexity index is 802. The number of primary amides is 1. The first-order valence-corrected chi connectivity index (χ1v) is 8.89. The number of aromatic nitrogens is 2. The predicted octanol–water partition coefficient (Wildman–Crippen LogP) is -4.41. The largest absolute Gasteiger partial charge is 0.480 e. The van der Waals surface area contributed by atoms with E-state index in [1.807, 2.05) is 5.32 Å². The number of rotatable bonds is 8. The van der Waals surface area contributed by atoms with Gasteiger partial charge in [-0.1, -0.05) is 0 Å². The van der Waals surface area contributed by atoms with E-state index in [0.29, 0.717) is 0 Å². The number of aliphatic carboxylic acids is 1. The summed E-state index contributed by atoms with van der Waals surface area (Å²) in [4.78, 5) is 34.5. The molecule has 0 saturated carbocycles. The number of aliphatic hydroxyl groups is 5. The third kappa shape index (κ3) is 5.84. The van der Waals surface area contributed by atoms with E-state index in [2.05, 4.69) is 15.5 Å². The minimum Gasteiger partial charge on any atom is -0.480 e. The van der Waals surface area contributed by atoms with Crippen LogP contribution in [0.2, 0.25) is 0 Å². The lowest BCUT2D eigenvalue weighted by atomic mass is 9.99. The van der Waals surface area contributed by atoms with E-state index < -0.39 is 85.0 Å². The molecule has 8 atom stereocenters. The maximum atomic E-state index is 12.1. The van der Waals surface area contributed by atoms with E-state index in [1.165, 1.54) is 0 Å². The fourth-order valence-corrected chi connectivity index (χ4v) is 2.70. The highest BCUT2D eigenvalue weighted by atomic mass is 16.6. The fourth-order valence-electron chi connectivity index (χ4n) is 2.70. The van der Waals surface area contributed by atoms with Gasteiger partial charge in [0, 0.05) is 0 Å². The maximum absolute atomic E-state index is 12.1. The lowest BCUT2D eigenvalue weighted by Gasteiger charge is -2.36. The van der Waals surface area contributed by atoms with Crippen LogP contribution < -0.4 is 16.4 Å². The van der Waals surface area contributed by atoms with Crippen molar-refractivity contribution in [3.8, 4) is 0 Å². The van der Waals surface area contributed by atoms with Gasteiger partial charge in [-0.05, 0) is 6.92 Å². The Labute approximate surface area is 173 Å². The average Bonchev–Trinajstić information content (AvgIpc) is 3.15. The molecule has 2 heterocycles. The number of hydrogen-bond donors (Lipinski definition) is 9. The first-order chi connectivity index (χ1) is 14.4. The topological polar surface area (TPSA) is 271 Å². The van der Waals surface area contributed by atoms with Crippen LogP contribution in [-0.4, -0.2) is 95.5 Å². The van der Waals surface area contributed by atoms with Gasteiger partial charge in [0.25, 0.3) is 0 Å². The van der Waals surface area contributed by atoms with Crippen LogP contribution in [0.5, 0.6) is 0 Å². The fraction of sp³-hybridized carbons (Fsp3) is 0.667. The van der Waals surface area contributed by atoms with E-state index in [4.69, 9.17) is 20.0 Å². The Hall–Kier alpha value is -2.89. The first-order valence-electron chi connectivity index (χ1n) is 8.89. The number of nitrogens with two attached hydrogens (primary N) is 1. The molecular weight excluding hydrogens is 426 g/mol.